The Hall–Kier alpha value is -6.21. The molecule has 5 heterocycles. The van der Waals surface area contributed by atoms with Crippen molar-refractivity contribution in [3.63, 3.8) is 0 Å². The average Bonchev–Trinajstić information content (AvgIpc) is 4.08. The first-order valence-corrected chi connectivity index (χ1v) is 29.2. The third-order valence-corrected chi connectivity index (χ3v) is 18.8. The summed E-state index contributed by atoms with van der Waals surface area (Å²) in [6.07, 6.45) is 19.4. The van der Waals surface area contributed by atoms with Gasteiger partial charge in [0.25, 0.3) is 21.8 Å². The summed E-state index contributed by atoms with van der Waals surface area (Å²) < 4.78 is 57.3. The number of nitrogens with one attached hydrogen (secondary N) is 3. The number of hydrogen-bond donors (Lipinski definition) is 4. The van der Waals surface area contributed by atoms with Crippen LogP contribution in [-0.4, -0.2) is 108 Å². The maximum absolute atomic E-state index is 15.0. The number of pyridine rings is 2. The number of carbonyl (C=O) groups excluding carboxylic acids is 1. The van der Waals surface area contributed by atoms with Crippen molar-refractivity contribution in [1.82, 2.24) is 29.5 Å². The number of hydrogen-bond acceptors (Lipinski definition) is 14. The molecule has 3 aromatic heterocycles. The summed E-state index contributed by atoms with van der Waals surface area (Å²) in [6, 6.07) is 17.4. The fourth-order valence-corrected chi connectivity index (χ4v) is 13.7. The van der Waals surface area contributed by atoms with Gasteiger partial charge in [-0.3, -0.25) is 14.6 Å². The summed E-state index contributed by atoms with van der Waals surface area (Å²) in [4.78, 5) is 45.1. The van der Waals surface area contributed by atoms with Gasteiger partial charge in [-0.05, 0) is 147 Å². The van der Waals surface area contributed by atoms with Crippen molar-refractivity contribution in [2.75, 3.05) is 62.6 Å². The molecule has 2 aromatic carbocycles. The van der Waals surface area contributed by atoms with Crippen LogP contribution in [-0.2, 0) is 10.0 Å². The molecule has 16 nitrogen and oxygen atoms in total. The summed E-state index contributed by atoms with van der Waals surface area (Å²) in [7, 11) is -4.61. The minimum absolute atomic E-state index is 0.00391. The highest BCUT2D eigenvalue weighted by Gasteiger charge is 2.50. The maximum Gasteiger partial charge on any atom is 0.268 e. The van der Waals surface area contributed by atoms with Crippen LogP contribution in [0.4, 0.5) is 21.6 Å². The Morgan fingerprint density at radius 1 is 1.00 bits per heavy atom. The van der Waals surface area contributed by atoms with Gasteiger partial charge >= 0.3 is 0 Å². The van der Waals surface area contributed by atoms with Gasteiger partial charge < -0.3 is 29.8 Å². The van der Waals surface area contributed by atoms with Gasteiger partial charge in [-0.2, -0.15) is 4.98 Å². The number of amides is 1. The number of aliphatic hydroxyl groups is 1. The highest BCUT2D eigenvalue weighted by Crippen LogP contribution is 2.54. The van der Waals surface area contributed by atoms with Gasteiger partial charge in [0.05, 0.1) is 23.2 Å². The Labute approximate surface area is 450 Å². The number of piperazine rings is 1. The highest BCUT2D eigenvalue weighted by atomic mass is 32.2. The van der Waals surface area contributed by atoms with Crippen molar-refractivity contribution < 1.29 is 32.2 Å². The quantitative estimate of drug-likeness (QED) is 0.0606. The fourth-order valence-electron chi connectivity index (χ4n) is 12.8. The molecule has 6 aliphatic rings. The van der Waals surface area contributed by atoms with E-state index in [1.54, 1.807) is 19.1 Å². The monoisotopic (exact) mass is 1070 g/mol. The molecule has 2 aliphatic heterocycles. The van der Waals surface area contributed by atoms with Gasteiger partial charge in [-0.15, -0.1) is 4.91 Å². The number of anilines is 2. The summed E-state index contributed by atoms with van der Waals surface area (Å²) in [5, 5.41) is 16.7. The lowest BCUT2D eigenvalue weighted by Gasteiger charge is -2.58. The average molecular weight is 1070 g/mol. The van der Waals surface area contributed by atoms with Gasteiger partial charge in [0.1, 0.15) is 22.1 Å². The number of fused-ring (bicyclic) bond motifs is 1. The Balaban J connectivity index is 0.799. The number of nitroso groups, excluding NO2 is 1. The minimum Gasteiger partial charge on any atom is -0.475 e. The molecule has 2 atom stereocenters. The summed E-state index contributed by atoms with van der Waals surface area (Å²) in [5.74, 6) is 0.738. The molecule has 4 N–H and O–H groups in total. The molecule has 5 fully saturated rings. The Bertz CT molecular complexity index is 3180. The van der Waals surface area contributed by atoms with Crippen LogP contribution >= 0.6 is 0 Å². The number of carbonyl (C=O) groups is 1. The van der Waals surface area contributed by atoms with Gasteiger partial charge in [-0.25, -0.2) is 22.5 Å². The fraction of sp³-hybridized carbons (Fsp3) is 0.508. The lowest BCUT2D eigenvalue weighted by Crippen LogP contribution is -2.60. The number of sulfonamides is 1. The smallest absolute Gasteiger partial charge is 0.268 e. The summed E-state index contributed by atoms with van der Waals surface area (Å²) in [6.45, 7) is 14.5. The number of halogens is 1. The van der Waals surface area contributed by atoms with Crippen LogP contribution in [0.3, 0.4) is 0 Å². The van der Waals surface area contributed by atoms with Crippen LogP contribution in [0.5, 0.6) is 17.4 Å². The van der Waals surface area contributed by atoms with E-state index in [4.69, 9.17) is 9.47 Å². The van der Waals surface area contributed by atoms with E-state index in [2.05, 4.69) is 101 Å². The van der Waals surface area contributed by atoms with E-state index in [1.165, 1.54) is 47.9 Å². The zero-order chi connectivity index (χ0) is 53.6. The number of aromatic amines is 1. The number of benzene rings is 2. The predicted molar refractivity (Wildman–Crippen MR) is 296 cm³/mol. The van der Waals surface area contributed by atoms with Gasteiger partial charge in [0.2, 0.25) is 0 Å². The Morgan fingerprint density at radius 2 is 1.78 bits per heavy atom. The van der Waals surface area contributed by atoms with E-state index >= 15 is 4.39 Å². The SMILES string of the molecule is CCOc1nc2[nH]cc(F)c2cc1Oc1cc(N2CCC3(CC2)CC(N2CCN(CC4=CC(C5CC5)C=C4)CC2c2ccccc2C(C)C)C3)ccc1C(=O)NS(=O)(=O)c1cnc(NCC2CCC(C)(O)CC2)c(N=O)c1. The molecule has 0 bridgehead atoms. The molecule has 1 amide bonds. The van der Waals surface area contributed by atoms with Crippen molar-refractivity contribution in [2.24, 2.45) is 28.3 Å². The lowest BCUT2D eigenvalue weighted by molar-refractivity contribution is -0.0604. The molecule has 408 valence electrons. The molecule has 77 heavy (non-hydrogen) atoms. The van der Waals surface area contributed by atoms with Crippen molar-refractivity contribution in [3.8, 4) is 17.4 Å². The number of allylic oxidation sites excluding steroid dienone is 2. The van der Waals surface area contributed by atoms with Crippen molar-refractivity contribution in [2.45, 2.75) is 120 Å². The molecule has 4 aliphatic carbocycles. The van der Waals surface area contributed by atoms with Crippen molar-refractivity contribution in [3.05, 3.63) is 118 Å². The van der Waals surface area contributed by atoms with Gasteiger partial charge in [0.15, 0.2) is 17.3 Å². The molecule has 18 heteroatoms. The zero-order valence-corrected chi connectivity index (χ0v) is 45.5. The number of aromatic nitrogens is 3. The topological polar surface area (TPSA) is 195 Å². The number of rotatable bonds is 18. The van der Waals surface area contributed by atoms with E-state index < -0.39 is 32.2 Å². The van der Waals surface area contributed by atoms with Crippen molar-refractivity contribution >= 4 is 44.2 Å². The van der Waals surface area contributed by atoms with Crippen LogP contribution in [0, 0.1) is 33.9 Å². The van der Waals surface area contributed by atoms with Crippen LogP contribution in [0.1, 0.15) is 125 Å². The van der Waals surface area contributed by atoms with Crippen LogP contribution in [0.15, 0.2) is 101 Å². The molecule has 5 aromatic rings. The van der Waals surface area contributed by atoms with E-state index in [0.717, 1.165) is 102 Å². The molecular formula is C59H72FN9O7S. The van der Waals surface area contributed by atoms with E-state index in [-0.39, 0.29) is 63.4 Å². The van der Waals surface area contributed by atoms with Gasteiger partial charge in [0, 0.05) is 88.1 Å². The predicted octanol–water partition coefficient (Wildman–Crippen LogP) is 10.9. The largest absolute Gasteiger partial charge is 0.475 e. The molecular weight excluding hydrogens is 998 g/mol. The molecule has 1 spiro atoms. The zero-order valence-electron chi connectivity index (χ0n) is 44.6. The highest BCUT2D eigenvalue weighted by molar-refractivity contribution is 7.90. The molecule has 3 saturated carbocycles. The van der Waals surface area contributed by atoms with Crippen LogP contribution in [0.2, 0.25) is 0 Å². The number of H-pyrrole nitrogens is 1. The third kappa shape index (κ3) is 11.4. The van der Waals surface area contributed by atoms with Gasteiger partial charge in [-0.1, -0.05) is 56.3 Å². The Morgan fingerprint density at radius 3 is 2.52 bits per heavy atom. The van der Waals surface area contributed by atoms with E-state index in [1.807, 2.05) is 6.92 Å². The summed E-state index contributed by atoms with van der Waals surface area (Å²) in [5.41, 5.74) is 4.52. The summed E-state index contributed by atoms with van der Waals surface area (Å²) >= 11 is 0. The first-order chi connectivity index (χ1) is 37.1. The van der Waals surface area contributed by atoms with Crippen LogP contribution in [0.25, 0.3) is 11.0 Å². The lowest BCUT2D eigenvalue weighted by atomic mass is 9.59. The molecule has 2 saturated heterocycles. The minimum atomic E-state index is -4.61. The van der Waals surface area contributed by atoms with E-state index in [0.29, 0.717) is 43.3 Å². The number of ether oxygens (including phenoxy) is 2. The first-order valence-electron chi connectivity index (χ1n) is 27.8. The van der Waals surface area contributed by atoms with E-state index in [9.17, 15) is 23.2 Å². The second-order valence-corrected chi connectivity index (χ2v) is 24.9. The molecule has 2 unspecified atom stereocenters. The normalized spacial score (nSPS) is 24.0. The first kappa shape index (κ1) is 52.8. The second kappa shape index (κ2) is 21.6. The maximum atomic E-state index is 15.0. The molecule has 11 rings (SSSR count). The standard InChI is InChI=1S/C59H72FN9O7S/c1-5-75-57-53(29-48-49(60)34-63-54(48)64-57)76-52-27-42(14-15-47(52)56(70)66-77(73,74)44-28-50(65-72)55(62-33-44)61-32-38-16-18-58(4,71)19-17-38)68-22-20-59(21-23-68)30-43(31-59)69-25-24-67(35-39-10-11-41(26-39)40-12-13-40)36-51(69)46-9-7-6-8-45(46)37(2)3/h6-11,14-15,26-29,33-34,37-38,40-41,43,51,71H,5,12-13,16-25,30-32,35-36H2,1-4H3,(H,61,62)(H,63,64)(H,66,70). The Kier molecular flexibility index (Phi) is 14.8. The van der Waals surface area contributed by atoms with Crippen LogP contribution < -0.4 is 24.4 Å². The number of nitrogens with zero attached hydrogens (tertiary/aromatic N) is 6. The third-order valence-electron chi connectivity index (χ3n) is 17.5. The second-order valence-electron chi connectivity index (χ2n) is 23.3. The molecule has 0 radical (unpaired) electrons. The number of piperidine rings is 1. The van der Waals surface area contributed by atoms with Crippen molar-refractivity contribution in [1.29, 1.82) is 0 Å².